The lowest BCUT2D eigenvalue weighted by Crippen LogP contribution is -2.14. The number of nitriles is 1. The minimum absolute atomic E-state index is 0.137. The number of nitrogens with one attached hydrogen (secondary N) is 1. The van der Waals surface area contributed by atoms with E-state index in [9.17, 15) is 10.1 Å². The van der Waals surface area contributed by atoms with Crippen LogP contribution in [0.2, 0.25) is 5.15 Å². The molecule has 0 fully saturated rings. The molecule has 0 atom stereocenters. The number of aromatic nitrogens is 2. The van der Waals surface area contributed by atoms with Crippen LogP contribution < -0.4 is 5.32 Å². The first-order valence-corrected chi connectivity index (χ1v) is 7.72. The predicted octanol–water partition coefficient (Wildman–Crippen LogP) is 3.19. The maximum atomic E-state index is 12.2. The summed E-state index contributed by atoms with van der Waals surface area (Å²) in [4.78, 5) is 21.1. The van der Waals surface area contributed by atoms with Gasteiger partial charge in [-0.1, -0.05) is 11.6 Å². The van der Waals surface area contributed by atoms with Crippen molar-refractivity contribution in [1.29, 1.82) is 5.26 Å². The summed E-state index contributed by atoms with van der Waals surface area (Å²) in [6.07, 6.45) is 6.81. The maximum Gasteiger partial charge on any atom is 0.276 e. The summed E-state index contributed by atoms with van der Waals surface area (Å²) >= 11 is 7.21. The molecule has 0 radical (unpaired) electrons. The lowest BCUT2D eigenvalue weighted by Gasteiger charge is -2.09. The van der Waals surface area contributed by atoms with Crippen LogP contribution in [0.1, 0.15) is 39.3 Å². The molecule has 0 bridgehead atoms. The zero-order chi connectivity index (χ0) is 14.8. The molecule has 106 valence electrons. The quantitative estimate of drug-likeness (QED) is 0.922. The summed E-state index contributed by atoms with van der Waals surface area (Å²) in [6, 6.07) is 2.21. The van der Waals surface area contributed by atoms with Gasteiger partial charge in [-0.2, -0.15) is 5.26 Å². The molecule has 0 spiro atoms. The molecule has 0 aliphatic heterocycles. The maximum absolute atomic E-state index is 12.2. The second-order valence-corrected chi connectivity index (χ2v) is 6.20. The molecule has 21 heavy (non-hydrogen) atoms. The van der Waals surface area contributed by atoms with E-state index in [1.165, 1.54) is 28.6 Å². The minimum Gasteiger partial charge on any atom is -0.311 e. The number of carbonyl (C=O) groups excluding carboxylic acids is 1. The molecule has 1 aliphatic rings. The number of halogens is 1. The van der Waals surface area contributed by atoms with E-state index in [1.807, 2.05) is 0 Å². The van der Waals surface area contributed by atoms with Crippen LogP contribution in [0, 0.1) is 11.3 Å². The molecule has 0 unspecified atom stereocenters. The highest BCUT2D eigenvalue weighted by atomic mass is 35.5. The highest BCUT2D eigenvalue weighted by Gasteiger charge is 2.22. The van der Waals surface area contributed by atoms with Crippen molar-refractivity contribution in [3.63, 3.8) is 0 Å². The van der Waals surface area contributed by atoms with Crippen molar-refractivity contribution >= 4 is 33.8 Å². The second kappa shape index (κ2) is 5.80. The van der Waals surface area contributed by atoms with Gasteiger partial charge in [0.25, 0.3) is 5.91 Å². The van der Waals surface area contributed by atoms with E-state index in [0.29, 0.717) is 10.6 Å². The summed E-state index contributed by atoms with van der Waals surface area (Å²) in [6.45, 7) is 0. The Bertz CT molecular complexity index is 750. The Morgan fingerprint density at radius 1 is 1.38 bits per heavy atom. The zero-order valence-electron chi connectivity index (χ0n) is 11.0. The van der Waals surface area contributed by atoms with Gasteiger partial charge < -0.3 is 5.32 Å². The van der Waals surface area contributed by atoms with Gasteiger partial charge in [-0.05, 0) is 31.2 Å². The molecule has 0 saturated carbocycles. The van der Waals surface area contributed by atoms with Gasteiger partial charge in [0.2, 0.25) is 0 Å². The van der Waals surface area contributed by atoms with Crippen LogP contribution in [0.25, 0.3) is 0 Å². The van der Waals surface area contributed by atoms with Crippen molar-refractivity contribution < 1.29 is 4.79 Å². The number of rotatable bonds is 2. The lowest BCUT2D eigenvalue weighted by molar-refractivity contribution is 0.102. The van der Waals surface area contributed by atoms with E-state index in [4.69, 9.17) is 11.6 Å². The summed E-state index contributed by atoms with van der Waals surface area (Å²) in [5.41, 5.74) is 1.80. The number of fused-ring (bicyclic) bond motifs is 1. The van der Waals surface area contributed by atoms with Gasteiger partial charge in [0, 0.05) is 4.88 Å². The van der Waals surface area contributed by atoms with Crippen LogP contribution in [0.4, 0.5) is 5.00 Å². The molecule has 2 aromatic heterocycles. The number of hydrogen-bond acceptors (Lipinski definition) is 5. The van der Waals surface area contributed by atoms with Gasteiger partial charge in [0.05, 0.1) is 18.0 Å². The summed E-state index contributed by atoms with van der Waals surface area (Å²) in [5.74, 6) is -0.403. The molecule has 2 aromatic rings. The van der Waals surface area contributed by atoms with Gasteiger partial charge in [0.15, 0.2) is 0 Å². The topological polar surface area (TPSA) is 78.7 Å². The van der Waals surface area contributed by atoms with E-state index in [-0.39, 0.29) is 10.8 Å². The average Bonchev–Trinajstić information content (AvgIpc) is 2.84. The Morgan fingerprint density at radius 2 is 2.19 bits per heavy atom. The molecule has 3 rings (SSSR count). The number of aryl methyl sites for hydroxylation is 1. The first-order chi connectivity index (χ1) is 10.2. The molecule has 0 saturated heterocycles. The van der Waals surface area contributed by atoms with Crippen LogP contribution in [-0.4, -0.2) is 15.9 Å². The van der Waals surface area contributed by atoms with Gasteiger partial charge in [-0.25, -0.2) is 4.98 Å². The largest absolute Gasteiger partial charge is 0.311 e. The van der Waals surface area contributed by atoms with Gasteiger partial charge >= 0.3 is 0 Å². The zero-order valence-corrected chi connectivity index (χ0v) is 12.6. The van der Waals surface area contributed by atoms with E-state index in [1.54, 1.807) is 0 Å². The normalized spacial score (nSPS) is 13.3. The first-order valence-electron chi connectivity index (χ1n) is 6.52. The molecular formula is C14H11ClN4OS. The van der Waals surface area contributed by atoms with E-state index in [2.05, 4.69) is 21.4 Å². The highest BCUT2D eigenvalue weighted by Crippen LogP contribution is 2.37. The Kier molecular flexibility index (Phi) is 3.86. The molecular weight excluding hydrogens is 308 g/mol. The van der Waals surface area contributed by atoms with Crippen molar-refractivity contribution in [2.45, 2.75) is 25.7 Å². The monoisotopic (exact) mass is 318 g/mol. The Labute approximate surface area is 130 Å². The predicted molar refractivity (Wildman–Crippen MR) is 80.7 cm³/mol. The van der Waals surface area contributed by atoms with Gasteiger partial charge in [0.1, 0.15) is 21.9 Å². The Balaban J connectivity index is 1.90. The summed E-state index contributed by atoms with van der Waals surface area (Å²) in [7, 11) is 0. The molecule has 2 heterocycles. The Morgan fingerprint density at radius 3 is 2.95 bits per heavy atom. The van der Waals surface area contributed by atoms with E-state index < -0.39 is 5.91 Å². The third-order valence-electron chi connectivity index (χ3n) is 3.35. The fourth-order valence-electron chi connectivity index (χ4n) is 2.39. The first kappa shape index (κ1) is 14.0. The fraction of sp³-hybridized carbons (Fsp3) is 0.286. The molecule has 5 nitrogen and oxygen atoms in total. The Hall–Kier alpha value is -1.97. The lowest BCUT2D eigenvalue weighted by atomic mass is 9.96. The van der Waals surface area contributed by atoms with Crippen molar-refractivity contribution in [3.05, 3.63) is 39.2 Å². The summed E-state index contributed by atoms with van der Waals surface area (Å²) < 4.78 is 0. The molecule has 1 N–H and O–H groups in total. The standard InChI is InChI=1S/C14H11ClN4OS/c15-12-7-17-6-10(18-12)13(20)19-14-9(5-16)8-3-1-2-4-11(8)21-14/h6-7H,1-4H2,(H,19,20). The number of anilines is 1. The van der Waals surface area contributed by atoms with Crippen LogP contribution >= 0.6 is 22.9 Å². The minimum atomic E-state index is -0.403. The van der Waals surface area contributed by atoms with Gasteiger partial charge in [-0.15, -0.1) is 11.3 Å². The van der Waals surface area contributed by atoms with E-state index >= 15 is 0 Å². The van der Waals surface area contributed by atoms with Crippen molar-refractivity contribution in [2.75, 3.05) is 5.32 Å². The molecule has 7 heteroatoms. The number of amides is 1. The molecule has 1 amide bonds. The number of thiophene rings is 1. The third kappa shape index (κ3) is 2.75. The number of nitrogens with zero attached hydrogens (tertiary/aromatic N) is 3. The fourth-order valence-corrected chi connectivity index (χ4v) is 3.77. The number of hydrogen-bond donors (Lipinski definition) is 1. The molecule has 0 aromatic carbocycles. The van der Waals surface area contributed by atoms with Gasteiger partial charge in [-0.3, -0.25) is 9.78 Å². The average molecular weight is 319 g/mol. The van der Waals surface area contributed by atoms with Crippen molar-refractivity contribution in [3.8, 4) is 6.07 Å². The van der Waals surface area contributed by atoms with Crippen LogP contribution in [-0.2, 0) is 12.8 Å². The van der Waals surface area contributed by atoms with Crippen LogP contribution in [0.3, 0.4) is 0 Å². The molecule has 1 aliphatic carbocycles. The van der Waals surface area contributed by atoms with Crippen LogP contribution in [0.15, 0.2) is 12.4 Å². The second-order valence-electron chi connectivity index (χ2n) is 4.71. The third-order valence-corrected chi connectivity index (χ3v) is 4.74. The SMILES string of the molecule is N#Cc1c(NC(=O)c2cncc(Cl)n2)sc2c1CCCC2. The smallest absolute Gasteiger partial charge is 0.276 e. The van der Waals surface area contributed by atoms with Crippen molar-refractivity contribution in [1.82, 2.24) is 9.97 Å². The van der Waals surface area contributed by atoms with E-state index in [0.717, 1.165) is 31.2 Å². The highest BCUT2D eigenvalue weighted by molar-refractivity contribution is 7.16. The van der Waals surface area contributed by atoms with Crippen molar-refractivity contribution in [2.24, 2.45) is 0 Å². The summed E-state index contributed by atoms with van der Waals surface area (Å²) in [5, 5.41) is 12.9. The van der Waals surface area contributed by atoms with Crippen LogP contribution in [0.5, 0.6) is 0 Å². The number of carbonyl (C=O) groups is 1.